The Hall–Kier alpha value is -0.0400. The van der Waals surface area contributed by atoms with E-state index in [0.717, 1.165) is 0 Å². The first-order valence-corrected chi connectivity index (χ1v) is 5.12. The number of hydrogen-bond donors (Lipinski definition) is 1. The first-order chi connectivity index (χ1) is 5.58. The maximum atomic E-state index is 3.43. The zero-order chi connectivity index (χ0) is 9.03. The van der Waals surface area contributed by atoms with Gasteiger partial charge in [0.15, 0.2) is 0 Å². The lowest BCUT2D eigenvalue weighted by Crippen LogP contribution is -2.28. The molecule has 0 aromatic carbocycles. The van der Waals surface area contributed by atoms with Crippen LogP contribution in [0.1, 0.15) is 46.5 Å². The van der Waals surface area contributed by atoms with Crippen LogP contribution in [0.3, 0.4) is 0 Å². The van der Waals surface area contributed by atoms with Gasteiger partial charge in [-0.1, -0.05) is 20.8 Å². The van der Waals surface area contributed by atoms with Crippen molar-refractivity contribution in [1.29, 1.82) is 0 Å². The molecular weight excluding hydrogens is 146 g/mol. The highest BCUT2D eigenvalue weighted by atomic mass is 14.9. The summed E-state index contributed by atoms with van der Waals surface area (Å²) in [6.07, 6.45) is 5.38. The summed E-state index contributed by atoms with van der Waals surface area (Å²) in [5.41, 5.74) is 0.504. The van der Waals surface area contributed by atoms with Gasteiger partial charge in [0.2, 0.25) is 0 Å². The molecule has 1 radical (unpaired) electrons. The Labute approximate surface area is 76.9 Å². The lowest BCUT2D eigenvalue weighted by atomic mass is 9.84. The van der Waals surface area contributed by atoms with Crippen LogP contribution in [0.4, 0.5) is 0 Å². The van der Waals surface area contributed by atoms with Gasteiger partial charge < -0.3 is 5.32 Å². The molecule has 0 aromatic rings. The summed E-state index contributed by atoms with van der Waals surface area (Å²) in [7, 11) is 0. The van der Waals surface area contributed by atoms with Crippen molar-refractivity contribution in [2.75, 3.05) is 13.1 Å². The van der Waals surface area contributed by atoms with Crippen molar-refractivity contribution in [3.8, 4) is 0 Å². The third kappa shape index (κ3) is 4.10. The molecule has 1 fully saturated rings. The molecule has 1 nitrogen and oxygen atoms in total. The smallest absolute Gasteiger partial charge is 0.00136 e. The molecule has 0 amide bonds. The third-order valence-electron chi connectivity index (χ3n) is 2.49. The molecule has 0 aliphatic carbocycles. The quantitative estimate of drug-likeness (QED) is 0.668. The fourth-order valence-electron chi connectivity index (χ4n) is 1.58. The van der Waals surface area contributed by atoms with Gasteiger partial charge in [-0.3, -0.25) is 0 Å². The van der Waals surface area contributed by atoms with Gasteiger partial charge in [0.25, 0.3) is 0 Å². The topological polar surface area (TPSA) is 12.0 Å². The van der Waals surface area contributed by atoms with Crippen LogP contribution < -0.4 is 5.32 Å². The first kappa shape index (κ1) is 10.0. The Kier molecular flexibility index (Phi) is 3.57. The summed E-state index contributed by atoms with van der Waals surface area (Å²) in [6.45, 7) is 9.37. The highest BCUT2D eigenvalue weighted by Crippen LogP contribution is 2.27. The average molecular weight is 168 g/mol. The van der Waals surface area contributed by atoms with Gasteiger partial charge in [-0.25, -0.2) is 0 Å². The van der Waals surface area contributed by atoms with Crippen molar-refractivity contribution in [3.05, 3.63) is 5.92 Å². The van der Waals surface area contributed by atoms with Crippen molar-refractivity contribution >= 4 is 0 Å². The highest BCUT2D eigenvalue weighted by molar-refractivity contribution is 4.95. The van der Waals surface area contributed by atoms with Crippen molar-refractivity contribution < 1.29 is 0 Å². The van der Waals surface area contributed by atoms with Crippen LogP contribution in [-0.4, -0.2) is 13.1 Å². The van der Waals surface area contributed by atoms with Crippen LogP contribution in [-0.2, 0) is 0 Å². The molecule has 0 atom stereocenters. The second-order valence-electron chi connectivity index (χ2n) is 5.09. The molecule has 1 aliphatic heterocycles. The predicted octanol–water partition coefficient (Wildman–Crippen LogP) is 2.77. The van der Waals surface area contributed by atoms with Crippen molar-refractivity contribution in [3.63, 3.8) is 0 Å². The molecule has 1 aliphatic rings. The fourth-order valence-corrected chi connectivity index (χ4v) is 1.58. The minimum atomic E-state index is 0.504. The van der Waals surface area contributed by atoms with Gasteiger partial charge in [-0.15, -0.1) is 0 Å². The highest BCUT2D eigenvalue weighted by Gasteiger charge is 2.17. The monoisotopic (exact) mass is 168 g/mol. The Morgan fingerprint density at radius 1 is 1.33 bits per heavy atom. The van der Waals surface area contributed by atoms with Gasteiger partial charge in [0.05, 0.1) is 0 Å². The van der Waals surface area contributed by atoms with Crippen molar-refractivity contribution in [2.45, 2.75) is 46.5 Å². The molecule has 0 aromatic heterocycles. The summed E-state index contributed by atoms with van der Waals surface area (Å²) in [6, 6.07) is 0. The molecule has 1 rings (SSSR count). The maximum Gasteiger partial charge on any atom is 0.00136 e. The van der Waals surface area contributed by atoms with Gasteiger partial charge in [0.1, 0.15) is 0 Å². The molecule has 1 heteroatoms. The van der Waals surface area contributed by atoms with E-state index in [1.165, 1.54) is 38.8 Å². The SMILES string of the molecule is CC(C)(C)CC[C]1CCCNC1. The first-order valence-electron chi connectivity index (χ1n) is 5.12. The lowest BCUT2D eigenvalue weighted by molar-refractivity contribution is 0.355. The predicted molar refractivity (Wildman–Crippen MR) is 54.0 cm³/mol. The minimum absolute atomic E-state index is 0.504. The van der Waals surface area contributed by atoms with Gasteiger partial charge in [-0.2, -0.15) is 0 Å². The number of hydrogen-bond acceptors (Lipinski definition) is 1. The van der Waals surface area contributed by atoms with E-state index in [9.17, 15) is 0 Å². The zero-order valence-electron chi connectivity index (χ0n) is 8.74. The molecule has 0 bridgehead atoms. The molecular formula is C11H22N. The molecule has 1 N–H and O–H groups in total. The van der Waals surface area contributed by atoms with Crippen LogP contribution in [0.2, 0.25) is 0 Å². The molecule has 0 saturated carbocycles. The van der Waals surface area contributed by atoms with E-state index < -0.39 is 0 Å². The largest absolute Gasteiger partial charge is 0.316 e. The van der Waals surface area contributed by atoms with E-state index in [1.54, 1.807) is 5.92 Å². The normalized spacial score (nSPS) is 21.2. The number of rotatable bonds is 2. The van der Waals surface area contributed by atoms with Gasteiger partial charge >= 0.3 is 0 Å². The lowest BCUT2D eigenvalue weighted by Gasteiger charge is -2.25. The molecule has 0 unspecified atom stereocenters. The van der Waals surface area contributed by atoms with Crippen molar-refractivity contribution in [2.24, 2.45) is 5.41 Å². The summed E-state index contributed by atoms with van der Waals surface area (Å²) >= 11 is 0. The number of piperidine rings is 1. The van der Waals surface area contributed by atoms with Crippen LogP contribution in [0.15, 0.2) is 0 Å². The second-order valence-corrected chi connectivity index (χ2v) is 5.09. The summed E-state index contributed by atoms with van der Waals surface area (Å²) in [5, 5.41) is 3.43. The van der Waals surface area contributed by atoms with Gasteiger partial charge in [-0.05, 0) is 43.6 Å². The Bertz CT molecular complexity index is 117. The Morgan fingerprint density at radius 2 is 2.08 bits per heavy atom. The van der Waals surface area contributed by atoms with E-state index in [-0.39, 0.29) is 0 Å². The minimum Gasteiger partial charge on any atom is -0.316 e. The van der Waals surface area contributed by atoms with E-state index >= 15 is 0 Å². The van der Waals surface area contributed by atoms with E-state index in [4.69, 9.17) is 0 Å². The molecule has 0 spiro atoms. The van der Waals surface area contributed by atoms with E-state index in [1.807, 2.05) is 0 Å². The Balaban J connectivity index is 2.13. The fraction of sp³-hybridized carbons (Fsp3) is 0.909. The van der Waals surface area contributed by atoms with Crippen LogP contribution in [0.5, 0.6) is 0 Å². The molecule has 12 heavy (non-hydrogen) atoms. The maximum absolute atomic E-state index is 3.43. The third-order valence-corrected chi connectivity index (χ3v) is 2.49. The van der Waals surface area contributed by atoms with Crippen LogP contribution in [0.25, 0.3) is 0 Å². The molecule has 1 saturated heterocycles. The van der Waals surface area contributed by atoms with E-state index in [0.29, 0.717) is 5.41 Å². The second kappa shape index (κ2) is 4.27. The molecule has 1 heterocycles. The summed E-state index contributed by atoms with van der Waals surface area (Å²) in [4.78, 5) is 0. The van der Waals surface area contributed by atoms with E-state index in [2.05, 4.69) is 26.1 Å². The molecule has 71 valence electrons. The van der Waals surface area contributed by atoms with Crippen LogP contribution in [0, 0.1) is 11.3 Å². The standard InChI is InChI=1S/C11H22N/c1-11(2,3)7-6-10-5-4-8-12-9-10/h12H,4-9H2,1-3H3. The average Bonchev–Trinajstić information content (AvgIpc) is 2.02. The van der Waals surface area contributed by atoms with Crippen molar-refractivity contribution in [1.82, 2.24) is 5.32 Å². The Morgan fingerprint density at radius 3 is 2.58 bits per heavy atom. The summed E-state index contributed by atoms with van der Waals surface area (Å²) in [5.74, 6) is 1.73. The zero-order valence-corrected chi connectivity index (χ0v) is 8.74. The number of nitrogens with one attached hydrogen (secondary N) is 1. The van der Waals surface area contributed by atoms with Gasteiger partial charge in [0, 0.05) is 6.54 Å². The summed E-state index contributed by atoms with van der Waals surface area (Å²) < 4.78 is 0. The van der Waals surface area contributed by atoms with Crippen LogP contribution >= 0.6 is 0 Å².